The van der Waals surface area contributed by atoms with E-state index in [9.17, 15) is 10.1 Å². The lowest BCUT2D eigenvalue weighted by Gasteiger charge is -2.13. The lowest BCUT2D eigenvalue weighted by Crippen LogP contribution is -2.10. The molecular weight excluding hydrogens is 374 g/mol. The fourth-order valence-corrected chi connectivity index (χ4v) is 2.56. The van der Waals surface area contributed by atoms with Crippen molar-refractivity contribution >= 4 is 50.2 Å². The van der Waals surface area contributed by atoms with Crippen LogP contribution in [0.15, 0.2) is 21.1 Å². The molecule has 94 valence electrons. The van der Waals surface area contributed by atoms with Gasteiger partial charge in [-0.05, 0) is 43.5 Å². The van der Waals surface area contributed by atoms with Crippen molar-refractivity contribution in [2.75, 3.05) is 12.4 Å². The van der Waals surface area contributed by atoms with Gasteiger partial charge in [0.15, 0.2) is 0 Å². The van der Waals surface area contributed by atoms with Crippen molar-refractivity contribution in [3.05, 3.63) is 31.2 Å². The molecule has 0 aliphatic heterocycles. The number of rotatable bonds is 5. The van der Waals surface area contributed by atoms with Crippen LogP contribution in [0.1, 0.15) is 6.92 Å². The Kier molecular flexibility index (Phi) is 5.75. The first kappa shape index (κ1) is 14.8. The van der Waals surface area contributed by atoms with Crippen LogP contribution in [-0.4, -0.2) is 17.3 Å². The molecule has 0 saturated carbocycles. The molecule has 0 N–H and O–H groups in total. The zero-order valence-electron chi connectivity index (χ0n) is 9.02. The van der Waals surface area contributed by atoms with E-state index in [1.807, 2.05) is 6.92 Å². The Morgan fingerprint density at radius 1 is 1.47 bits per heavy atom. The standard InChI is InChI=1S/C10H11Br2NO3S/c1-6(5-17)4-16-10-8(11)2-7(13(14)15)3-9(10)12/h2-3,6,17H,4-5H2,1H3. The van der Waals surface area contributed by atoms with Gasteiger partial charge in [0.1, 0.15) is 5.75 Å². The highest BCUT2D eigenvalue weighted by molar-refractivity contribution is 9.11. The number of hydrogen-bond donors (Lipinski definition) is 1. The molecule has 0 bridgehead atoms. The van der Waals surface area contributed by atoms with Crippen molar-refractivity contribution in [2.24, 2.45) is 5.92 Å². The Labute approximate surface area is 122 Å². The third kappa shape index (κ3) is 4.15. The van der Waals surface area contributed by atoms with Gasteiger partial charge in [0.2, 0.25) is 0 Å². The van der Waals surface area contributed by atoms with E-state index in [1.54, 1.807) is 0 Å². The van der Waals surface area contributed by atoms with Crippen LogP contribution in [0.3, 0.4) is 0 Å². The first-order valence-electron chi connectivity index (χ1n) is 4.82. The molecule has 1 unspecified atom stereocenters. The van der Waals surface area contributed by atoms with Crippen molar-refractivity contribution < 1.29 is 9.66 Å². The van der Waals surface area contributed by atoms with Gasteiger partial charge in [-0.2, -0.15) is 12.6 Å². The lowest BCUT2D eigenvalue weighted by molar-refractivity contribution is -0.385. The Morgan fingerprint density at radius 2 is 2.00 bits per heavy atom. The predicted octanol–water partition coefficient (Wildman–Crippen LogP) is 4.06. The van der Waals surface area contributed by atoms with Crippen molar-refractivity contribution in [2.45, 2.75) is 6.92 Å². The van der Waals surface area contributed by atoms with Crippen molar-refractivity contribution in [1.82, 2.24) is 0 Å². The number of nitro benzene ring substituents is 1. The molecule has 0 radical (unpaired) electrons. The molecular formula is C10H11Br2NO3S. The highest BCUT2D eigenvalue weighted by Gasteiger charge is 2.15. The third-order valence-electron chi connectivity index (χ3n) is 2.02. The molecule has 4 nitrogen and oxygen atoms in total. The van der Waals surface area contributed by atoms with Crippen LogP contribution in [0, 0.1) is 16.0 Å². The van der Waals surface area contributed by atoms with Crippen molar-refractivity contribution in [3.63, 3.8) is 0 Å². The van der Waals surface area contributed by atoms with Gasteiger partial charge in [-0.25, -0.2) is 0 Å². The SMILES string of the molecule is CC(CS)COc1c(Br)cc([N+](=O)[O-])cc1Br. The summed E-state index contributed by atoms with van der Waals surface area (Å²) in [6.07, 6.45) is 0. The second kappa shape index (κ2) is 6.61. The summed E-state index contributed by atoms with van der Waals surface area (Å²) in [4.78, 5) is 10.2. The van der Waals surface area contributed by atoms with Crippen LogP contribution in [-0.2, 0) is 0 Å². The average Bonchev–Trinajstić information content (AvgIpc) is 2.27. The van der Waals surface area contributed by atoms with Crippen LogP contribution in [0.2, 0.25) is 0 Å². The van der Waals surface area contributed by atoms with Crippen LogP contribution < -0.4 is 4.74 Å². The molecule has 7 heteroatoms. The molecule has 1 atom stereocenters. The average molecular weight is 385 g/mol. The zero-order chi connectivity index (χ0) is 13.0. The largest absolute Gasteiger partial charge is 0.491 e. The molecule has 0 heterocycles. The molecule has 1 aromatic rings. The Balaban J connectivity index is 2.90. The quantitative estimate of drug-likeness (QED) is 0.473. The monoisotopic (exact) mass is 383 g/mol. The minimum absolute atomic E-state index is 0.0124. The summed E-state index contributed by atoms with van der Waals surface area (Å²) >= 11 is 10.7. The van der Waals surface area contributed by atoms with E-state index in [0.717, 1.165) is 5.75 Å². The normalized spacial score (nSPS) is 12.2. The lowest BCUT2D eigenvalue weighted by atomic mass is 10.2. The summed E-state index contributed by atoms with van der Waals surface area (Å²) in [6.45, 7) is 2.53. The summed E-state index contributed by atoms with van der Waals surface area (Å²) in [5.74, 6) is 1.61. The maximum atomic E-state index is 10.6. The highest BCUT2D eigenvalue weighted by Crippen LogP contribution is 2.37. The number of non-ortho nitro benzene ring substituents is 1. The number of thiol groups is 1. The molecule has 0 aliphatic rings. The number of halogens is 2. The number of hydrogen-bond acceptors (Lipinski definition) is 4. The smallest absolute Gasteiger partial charge is 0.271 e. The molecule has 17 heavy (non-hydrogen) atoms. The summed E-state index contributed by atoms with van der Waals surface area (Å²) in [7, 11) is 0. The first-order chi connectivity index (χ1) is 7.95. The van der Waals surface area contributed by atoms with Crippen LogP contribution in [0.25, 0.3) is 0 Å². The van der Waals surface area contributed by atoms with Crippen LogP contribution in [0.5, 0.6) is 5.75 Å². The second-order valence-electron chi connectivity index (χ2n) is 3.59. The number of benzene rings is 1. The fourth-order valence-electron chi connectivity index (χ4n) is 1.07. The van der Waals surface area contributed by atoms with Gasteiger partial charge in [0.25, 0.3) is 5.69 Å². The van der Waals surface area contributed by atoms with Crippen LogP contribution in [0.4, 0.5) is 5.69 Å². The molecule has 1 rings (SSSR count). The zero-order valence-corrected chi connectivity index (χ0v) is 13.1. The predicted molar refractivity (Wildman–Crippen MR) is 77.0 cm³/mol. The Hall–Kier alpha value is -0.270. The number of nitro groups is 1. The highest BCUT2D eigenvalue weighted by atomic mass is 79.9. The minimum atomic E-state index is -0.449. The third-order valence-corrected chi connectivity index (χ3v) is 3.82. The number of ether oxygens (including phenoxy) is 1. The molecule has 0 fully saturated rings. The molecule has 1 aromatic carbocycles. The van der Waals surface area contributed by atoms with E-state index < -0.39 is 4.92 Å². The van der Waals surface area contributed by atoms with E-state index in [-0.39, 0.29) is 5.69 Å². The molecule has 0 saturated heterocycles. The van der Waals surface area contributed by atoms with Gasteiger partial charge >= 0.3 is 0 Å². The van der Waals surface area contributed by atoms with Crippen molar-refractivity contribution in [1.29, 1.82) is 0 Å². The van der Waals surface area contributed by atoms with E-state index >= 15 is 0 Å². The van der Waals surface area contributed by atoms with E-state index in [1.165, 1.54) is 12.1 Å². The van der Waals surface area contributed by atoms with E-state index in [2.05, 4.69) is 44.5 Å². The van der Waals surface area contributed by atoms with Gasteiger partial charge in [-0.3, -0.25) is 10.1 Å². The van der Waals surface area contributed by atoms with Gasteiger partial charge in [0, 0.05) is 12.1 Å². The van der Waals surface area contributed by atoms with Gasteiger partial charge < -0.3 is 4.74 Å². The van der Waals surface area contributed by atoms with E-state index in [4.69, 9.17) is 4.74 Å². The second-order valence-corrected chi connectivity index (χ2v) is 5.67. The molecule has 0 amide bonds. The summed E-state index contributed by atoms with van der Waals surface area (Å²) < 4.78 is 6.71. The maximum absolute atomic E-state index is 10.6. The van der Waals surface area contributed by atoms with E-state index in [0.29, 0.717) is 27.2 Å². The fraction of sp³-hybridized carbons (Fsp3) is 0.400. The summed E-state index contributed by atoms with van der Waals surface area (Å²) in [5, 5.41) is 10.6. The topological polar surface area (TPSA) is 52.4 Å². The number of nitrogens with zero attached hydrogens (tertiary/aromatic N) is 1. The summed E-state index contributed by atoms with van der Waals surface area (Å²) in [6, 6.07) is 2.84. The molecule has 0 aromatic heterocycles. The van der Waals surface area contributed by atoms with Gasteiger partial charge in [-0.1, -0.05) is 6.92 Å². The maximum Gasteiger partial charge on any atom is 0.271 e. The van der Waals surface area contributed by atoms with Crippen LogP contribution >= 0.6 is 44.5 Å². The van der Waals surface area contributed by atoms with Gasteiger partial charge in [0.05, 0.1) is 20.5 Å². The van der Waals surface area contributed by atoms with Gasteiger partial charge in [-0.15, -0.1) is 0 Å². The summed E-state index contributed by atoms with van der Waals surface area (Å²) in [5.41, 5.74) is 0.0124. The Morgan fingerprint density at radius 3 is 2.41 bits per heavy atom. The minimum Gasteiger partial charge on any atom is -0.491 e. The molecule has 0 spiro atoms. The van der Waals surface area contributed by atoms with Crippen molar-refractivity contribution in [3.8, 4) is 5.75 Å². The first-order valence-corrected chi connectivity index (χ1v) is 7.04. The molecule has 0 aliphatic carbocycles. The Bertz CT molecular complexity index is 405.